The minimum atomic E-state index is -0.238. The molecule has 1 aromatic carbocycles. The Morgan fingerprint density at radius 3 is 2.53 bits per heavy atom. The molecule has 0 unspecified atom stereocenters. The second-order valence-corrected chi connectivity index (χ2v) is 5.67. The van der Waals surface area contributed by atoms with Crippen LogP contribution in [0.2, 0.25) is 0 Å². The molecule has 2 atom stereocenters. The predicted molar refractivity (Wildman–Crippen MR) is 76.2 cm³/mol. The first-order valence-corrected chi connectivity index (χ1v) is 6.96. The van der Waals surface area contributed by atoms with Crippen LogP contribution in [-0.4, -0.2) is 25.2 Å². The Labute approximate surface area is 115 Å². The molecular weight excluding hydrogens is 238 g/mol. The van der Waals surface area contributed by atoms with Gasteiger partial charge in [-0.1, -0.05) is 36.2 Å². The number of esters is 1. The molecule has 3 nitrogen and oxygen atoms in total. The number of methoxy groups -OCH3 is 1. The number of benzene rings is 1. The molecule has 1 N–H and O–H groups in total. The maximum atomic E-state index is 12.2. The summed E-state index contributed by atoms with van der Waals surface area (Å²) in [7, 11) is 1.47. The van der Waals surface area contributed by atoms with Gasteiger partial charge in [0.1, 0.15) is 0 Å². The minimum Gasteiger partial charge on any atom is -0.468 e. The lowest BCUT2D eigenvalue weighted by atomic mass is 9.75. The van der Waals surface area contributed by atoms with Gasteiger partial charge in [-0.3, -0.25) is 4.79 Å². The van der Waals surface area contributed by atoms with Crippen molar-refractivity contribution in [2.75, 3.05) is 13.7 Å². The van der Waals surface area contributed by atoms with Crippen molar-refractivity contribution in [3.8, 4) is 0 Å². The normalized spacial score (nSPS) is 24.8. The van der Waals surface area contributed by atoms with Gasteiger partial charge in [0.2, 0.25) is 0 Å². The van der Waals surface area contributed by atoms with Crippen molar-refractivity contribution in [1.82, 2.24) is 5.32 Å². The maximum absolute atomic E-state index is 12.2. The van der Waals surface area contributed by atoms with Gasteiger partial charge in [-0.2, -0.15) is 0 Å². The molecule has 1 aliphatic heterocycles. The Morgan fingerprint density at radius 1 is 1.32 bits per heavy atom. The third kappa shape index (κ3) is 2.98. The lowest BCUT2D eigenvalue weighted by Gasteiger charge is -2.40. The smallest absolute Gasteiger partial charge is 0.315 e. The molecule has 1 aliphatic rings. The lowest BCUT2D eigenvalue weighted by molar-refractivity contribution is -0.144. The van der Waals surface area contributed by atoms with E-state index < -0.39 is 0 Å². The van der Waals surface area contributed by atoms with Gasteiger partial charge in [-0.05, 0) is 38.8 Å². The second kappa shape index (κ2) is 5.74. The fourth-order valence-corrected chi connectivity index (χ4v) is 2.97. The van der Waals surface area contributed by atoms with E-state index in [9.17, 15) is 4.79 Å². The molecule has 1 fully saturated rings. The van der Waals surface area contributed by atoms with Crippen molar-refractivity contribution < 1.29 is 9.53 Å². The van der Waals surface area contributed by atoms with Gasteiger partial charge in [0.25, 0.3) is 0 Å². The third-order valence-corrected chi connectivity index (χ3v) is 4.14. The second-order valence-electron chi connectivity index (χ2n) is 5.67. The number of hydrogen-bond acceptors (Lipinski definition) is 3. The molecule has 0 aliphatic carbocycles. The van der Waals surface area contributed by atoms with Crippen LogP contribution >= 0.6 is 0 Å². The van der Waals surface area contributed by atoms with Gasteiger partial charge in [0.15, 0.2) is 0 Å². The number of carbonyl (C=O) groups excluding carboxylic acids is 1. The molecule has 1 aromatic rings. The van der Waals surface area contributed by atoms with Gasteiger partial charge in [-0.25, -0.2) is 0 Å². The molecular formula is C16H23NO2. The summed E-state index contributed by atoms with van der Waals surface area (Å²) in [6, 6.07) is 8.19. The number of nitrogens with one attached hydrogen (secondary N) is 1. The van der Waals surface area contributed by atoms with E-state index in [-0.39, 0.29) is 17.4 Å². The number of aryl methyl sites for hydroxylation is 1. The van der Waals surface area contributed by atoms with Gasteiger partial charge in [0.05, 0.1) is 13.0 Å². The minimum absolute atomic E-state index is 0.152. The number of piperidine rings is 1. The average molecular weight is 261 g/mol. The molecule has 0 spiro atoms. The van der Waals surface area contributed by atoms with Crippen LogP contribution in [0.3, 0.4) is 0 Å². The van der Waals surface area contributed by atoms with E-state index in [1.165, 1.54) is 19.1 Å². The summed E-state index contributed by atoms with van der Waals surface area (Å²) in [5, 5.41) is 3.52. The van der Waals surface area contributed by atoms with Crippen LogP contribution < -0.4 is 5.32 Å². The Hall–Kier alpha value is -1.35. The number of hydrogen-bond donors (Lipinski definition) is 1. The Kier molecular flexibility index (Phi) is 4.25. The van der Waals surface area contributed by atoms with Crippen LogP contribution in [0.25, 0.3) is 0 Å². The van der Waals surface area contributed by atoms with Gasteiger partial charge in [-0.15, -0.1) is 0 Å². The van der Waals surface area contributed by atoms with E-state index in [4.69, 9.17) is 4.74 Å². The highest BCUT2D eigenvalue weighted by atomic mass is 16.5. The zero-order chi connectivity index (χ0) is 13.9. The topological polar surface area (TPSA) is 38.3 Å². The molecule has 0 aromatic heterocycles. The van der Waals surface area contributed by atoms with Gasteiger partial charge < -0.3 is 10.1 Å². The third-order valence-electron chi connectivity index (χ3n) is 4.14. The number of carbonyl (C=O) groups is 1. The average Bonchev–Trinajstić information content (AvgIpc) is 2.41. The molecule has 19 heavy (non-hydrogen) atoms. The van der Waals surface area contributed by atoms with E-state index in [1.54, 1.807) is 0 Å². The molecule has 1 saturated heterocycles. The van der Waals surface area contributed by atoms with Crippen molar-refractivity contribution in [3.63, 3.8) is 0 Å². The fourth-order valence-electron chi connectivity index (χ4n) is 2.97. The fraction of sp³-hybridized carbons (Fsp3) is 0.562. The van der Waals surface area contributed by atoms with Gasteiger partial charge >= 0.3 is 5.97 Å². The van der Waals surface area contributed by atoms with E-state index in [0.29, 0.717) is 0 Å². The van der Waals surface area contributed by atoms with Crippen LogP contribution in [-0.2, 0) is 9.53 Å². The summed E-state index contributed by atoms with van der Waals surface area (Å²) in [5.74, 6) is -0.390. The van der Waals surface area contributed by atoms with Crippen LogP contribution in [0.4, 0.5) is 0 Å². The van der Waals surface area contributed by atoms with E-state index >= 15 is 0 Å². The maximum Gasteiger partial charge on any atom is 0.315 e. The highest BCUT2D eigenvalue weighted by Gasteiger charge is 2.41. The molecule has 0 bridgehead atoms. The van der Waals surface area contributed by atoms with Crippen molar-refractivity contribution in [2.45, 2.75) is 44.6 Å². The highest BCUT2D eigenvalue weighted by Crippen LogP contribution is 2.35. The summed E-state index contributed by atoms with van der Waals surface area (Å²) < 4.78 is 5.04. The molecule has 0 radical (unpaired) electrons. The monoisotopic (exact) mass is 261 g/mol. The molecule has 1 heterocycles. The largest absolute Gasteiger partial charge is 0.468 e. The first-order valence-electron chi connectivity index (χ1n) is 6.96. The Morgan fingerprint density at radius 2 is 2.00 bits per heavy atom. The SMILES string of the molecule is COC(=O)[C@@H](c1ccc(C)cc1)[C@@]1(C)CCCCN1. The molecule has 104 valence electrons. The zero-order valence-corrected chi connectivity index (χ0v) is 12.0. The van der Waals surface area contributed by atoms with E-state index in [0.717, 1.165) is 24.9 Å². The summed E-state index contributed by atoms with van der Waals surface area (Å²) in [6.07, 6.45) is 3.33. The summed E-state index contributed by atoms with van der Waals surface area (Å²) >= 11 is 0. The highest BCUT2D eigenvalue weighted by molar-refractivity contribution is 5.80. The Balaban J connectivity index is 2.35. The van der Waals surface area contributed by atoms with Crippen LogP contribution in [0.15, 0.2) is 24.3 Å². The lowest BCUT2D eigenvalue weighted by Crippen LogP contribution is -2.53. The predicted octanol–water partition coefficient (Wildman–Crippen LogP) is 2.78. The quantitative estimate of drug-likeness (QED) is 0.850. The number of ether oxygens (including phenoxy) is 1. The van der Waals surface area contributed by atoms with E-state index in [2.05, 4.69) is 31.3 Å². The summed E-state index contributed by atoms with van der Waals surface area (Å²) in [4.78, 5) is 12.2. The first-order chi connectivity index (χ1) is 9.07. The summed E-state index contributed by atoms with van der Waals surface area (Å²) in [5.41, 5.74) is 2.03. The molecule has 0 amide bonds. The van der Waals surface area contributed by atoms with Crippen molar-refractivity contribution in [3.05, 3.63) is 35.4 Å². The zero-order valence-electron chi connectivity index (χ0n) is 12.0. The van der Waals surface area contributed by atoms with Crippen molar-refractivity contribution >= 4 is 5.97 Å². The Bertz CT molecular complexity index is 433. The first kappa shape index (κ1) is 14.1. The molecule has 0 saturated carbocycles. The van der Waals surface area contributed by atoms with E-state index in [1.807, 2.05) is 12.1 Å². The van der Waals surface area contributed by atoms with Crippen molar-refractivity contribution in [1.29, 1.82) is 0 Å². The van der Waals surface area contributed by atoms with Gasteiger partial charge in [0, 0.05) is 5.54 Å². The number of rotatable bonds is 3. The molecule has 2 rings (SSSR count). The standard InChI is InChI=1S/C16H23NO2/c1-12-6-8-13(9-7-12)14(15(18)19-3)16(2)10-4-5-11-17-16/h6-9,14,17H,4-5,10-11H2,1-3H3/t14-,16-/m1/s1. The van der Waals surface area contributed by atoms with Crippen LogP contribution in [0.5, 0.6) is 0 Å². The summed E-state index contributed by atoms with van der Waals surface area (Å²) in [6.45, 7) is 5.15. The van der Waals surface area contributed by atoms with Crippen molar-refractivity contribution in [2.24, 2.45) is 0 Å². The molecule has 3 heteroatoms. The van der Waals surface area contributed by atoms with Crippen LogP contribution in [0.1, 0.15) is 43.2 Å². The van der Waals surface area contributed by atoms with Crippen LogP contribution in [0, 0.1) is 6.92 Å².